The fourth-order valence-corrected chi connectivity index (χ4v) is 2.68. The van der Waals surface area contributed by atoms with Crippen LogP contribution >= 0.6 is 39.7 Å². The minimum Gasteiger partial charge on any atom is -0.488 e. The first kappa shape index (κ1) is 15.3. The maximum absolute atomic E-state index is 5.90. The van der Waals surface area contributed by atoms with Crippen molar-refractivity contribution in [2.75, 3.05) is 0 Å². The van der Waals surface area contributed by atoms with Crippen LogP contribution in [0.15, 0.2) is 40.9 Å². The maximum Gasteiger partial charge on any atom is 0.134 e. The lowest BCUT2D eigenvalue weighted by Crippen LogP contribution is -2.10. The minimum atomic E-state index is 0.404. The van der Waals surface area contributed by atoms with Gasteiger partial charge in [0.05, 0.1) is 4.47 Å². The third kappa shape index (κ3) is 3.72. The summed E-state index contributed by atoms with van der Waals surface area (Å²) in [7, 11) is 0. The Morgan fingerprint density at radius 2 is 2.05 bits per heavy atom. The summed E-state index contributed by atoms with van der Waals surface area (Å²) in [5.74, 6) is 0.757. The SMILES string of the molecule is Cc1cc(C(N)=S)ccc1COc1ccc(Cl)cc1Br. The Labute approximate surface area is 137 Å². The molecule has 2 aromatic rings. The van der Waals surface area contributed by atoms with Gasteiger partial charge in [-0.25, -0.2) is 0 Å². The van der Waals surface area contributed by atoms with E-state index in [9.17, 15) is 0 Å². The molecule has 0 saturated carbocycles. The van der Waals surface area contributed by atoms with Crippen molar-refractivity contribution in [3.8, 4) is 5.75 Å². The molecular weight excluding hydrogens is 358 g/mol. The number of hydrogen-bond donors (Lipinski definition) is 1. The molecule has 0 aliphatic carbocycles. The average Bonchev–Trinajstić information content (AvgIpc) is 2.38. The van der Waals surface area contributed by atoms with E-state index < -0.39 is 0 Å². The van der Waals surface area contributed by atoms with Gasteiger partial charge in [-0.1, -0.05) is 36.0 Å². The van der Waals surface area contributed by atoms with Crippen molar-refractivity contribution in [3.63, 3.8) is 0 Å². The summed E-state index contributed by atoms with van der Waals surface area (Å²) < 4.78 is 6.62. The van der Waals surface area contributed by atoms with Gasteiger partial charge in [0.25, 0.3) is 0 Å². The minimum absolute atomic E-state index is 0.404. The molecule has 0 heterocycles. The van der Waals surface area contributed by atoms with Crippen LogP contribution in [0.2, 0.25) is 5.02 Å². The molecule has 2 nitrogen and oxygen atoms in total. The molecule has 0 spiro atoms. The van der Waals surface area contributed by atoms with Gasteiger partial charge in [0.1, 0.15) is 17.3 Å². The van der Waals surface area contributed by atoms with E-state index in [1.807, 2.05) is 31.2 Å². The molecule has 0 aliphatic rings. The number of aryl methyl sites for hydroxylation is 1. The van der Waals surface area contributed by atoms with E-state index in [1.165, 1.54) is 0 Å². The summed E-state index contributed by atoms with van der Waals surface area (Å²) in [5, 5.41) is 0.668. The van der Waals surface area contributed by atoms with E-state index in [4.69, 9.17) is 34.3 Å². The number of halogens is 2. The molecule has 0 atom stereocenters. The van der Waals surface area contributed by atoms with Gasteiger partial charge in [0.15, 0.2) is 0 Å². The first-order valence-electron chi connectivity index (χ1n) is 5.94. The van der Waals surface area contributed by atoms with Gasteiger partial charge >= 0.3 is 0 Å². The molecule has 2 aromatic carbocycles. The van der Waals surface area contributed by atoms with Gasteiger partial charge in [-0.15, -0.1) is 0 Å². The summed E-state index contributed by atoms with van der Waals surface area (Å²) in [6, 6.07) is 11.3. The van der Waals surface area contributed by atoms with Crippen LogP contribution in [0.4, 0.5) is 0 Å². The van der Waals surface area contributed by atoms with Crippen molar-refractivity contribution in [1.82, 2.24) is 0 Å². The molecule has 5 heteroatoms. The molecule has 0 aromatic heterocycles. The monoisotopic (exact) mass is 369 g/mol. The molecule has 0 amide bonds. The lowest BCUT2D eigenvalue weighted by Gasteiger charge is -2.11. The van der Waals surface area contributed by atoms with Crippen molar-refractivity contribution in [2.45, 2.75) is 13.5 Å². The number of ether oxygens (including phenoxy) is 1. The summed E-state index contributed by atoms with van der Waals surface area (Å²) in [6.45, 7) is 2.49. The van der Waals surface area contributed by atoms with E-state index in [1.54, 1.807) is 12.1 Å². The second-order valence-corrected chi connectivity index (χ2v) is 6.10. The first-order chi connectivity index (χ1) is 9.47. The predicted octanol–water partition coefficient (Wildman–Crippen LogP) is 4.62. The Morgan fingerprint density at radius 1 is 1.30 bits per heavy atom. The average molecular weight is 371 g/mol. The lowest BCUT2D eigenvalue weighted by molar-refractivity contribution is 0.303. The molecule has 0 aliphatic heterocycles. The lowest BCUT2D eigenvalue weighted by atomic mass is 10.1. The highest BCUT2D eigenvalue weighted by Crippen LogP contribution is 2.28. The Kier molecular flexibility index (Phi) is 5.02. The zero-order valence-corrected chi connectivity index (χ0v) is 14.0. The van der Waals surface area contributed by atoms with E-state index in [-0.39, 0.29) is 0 Å². The Morgan fingerprint density at radius 3 is 2.65 bits per heavy atom. The Balaban J connectivity index is 2.13. The maximum atomic E-state index is 5.90. The van der Waals surface area contributed by atoms with Crippen molar-refractivity contribution < 1.29 is 4.74 Å². The van der Waals surface area contributed by atoms with Gasteiger partial charge < -0.3 is 10.5 Å². The normalized spacial score (nSPS) is 10.3. The molecule has 104 valence electrons. The van der Waals surface area contributed by atoms with Gasteiger partial charge in [0.2, 0.25) is 0 Å². The van der Waals surface area contributed by atoms with E-state index in [0.29, 0.717) is 16.6 Å². The summed E-state index contributed by atoms with van der Waals surface area (Å²) in [6.07, 6.45) is 0. The van der Waals surface area contributed by atoms with E-state index in [2.05, 4.69) is 15.9 Å². The molecule has 2 rings (SSSR count). The van der Waals surface area contributed by atoms with Gasteiger partial charge in [-0.2, -0.15) is 0 Å². The van der Waals surface area contributed by atoms with Crippen molar-refractivity contribution >= 4 is 44.7 Å². The fourth-order valence-electron chi connectivity index (χ4n) is 1.76. The van der Waals surface area contributed by atoms with Crippen LogP contribution in [0.25, 0.3) is 0 Å². The van der Waals surface area contributed by atoms with Crippen molar-refractivity contribution in [2.24, 2.45) is 5.73 Å². The van der Waals surface area contributed by atoms with Crippen LogP contribution in [-0.2, 0) is 6.61 Å². The highest BCUT2D eigenvalue weighted by Gasteiger charge is 2.05. The zero-order valence-electron chi connectivity index (χ0n) is 10.8. The van der Waals surface area contributed by atoms with Crippen LogP contribution in [0, 0.1) is 6.92 Å². The number of rotatable bonds is 4. The largest absolute Gasteiger partial charge is 0.488 e. The second kappa shape index (κ2) is 6.57. The highest BCUT2D eigenvalue weighted by atomic mass is 79.9. The Bertz CT molecular complexity index is 660. The van der Waals surface area contributed by atoms with Crippen LogP contribution in [0.1, 0.15) is 16.7 Å². The molecular formula is C15H13BrClNOS. The summed E-state index contributed by atoms with van der Waals surface area (Å²) in [4.78, 5) is 0.404. The highest BCUT2D eigenvalue weighted by molar-refractivity contribution is 9.10. The van der Waals surface area contributed by atoms with Crippen LogP contribution in [-0.4, -0.2) is 4.99 Å². The number of benzene rings is 2. The van der Waals surface area contributed by atoms with Crippen LogP contribution < -0.4 is 10.5 Å². The number of thiocarbonyl (C=S) groups is 1. The second-order valence-electron chi connectivity index (χ2n) is 4.37. The molecule has 0 saturated heterocycles. The zero-order chi connectivity index (χ0) is 14.7. The van der Waals surface area contributed by atoms with Crippen LogP contribution in [0.5, 0.6) is 5.75 Å². The van der Waals surface area contributed by atoms with Crippen molar-refractivity contribution in [1.29, 1.82) is 0 Å². The smallest absolute Gasteiger partial charge is 0.134 e. The van der Waals surface area contributed by atoms with Gasteiger partial charge in [0, 0.05) is 10.6 Å². The van der Waals surface area contributed by atoms with E-state index >= 15 is 0 Å². The molecule has 20 heavy (non-hydrogen) atoms. The first-order valence-corrected chi connectivity index (χ1v) is 7.52. The van der Waals surface area contributed by atoms with Gasteiger partial charge in [-0.05, 0) is 58.2 Å². The topological polar surface area (TPSA) is 35.2 Å². The summed E-state index contributed by atoms with van der Waals surface area (Å²) >= 11 is 14.3. The molecule has 2 N–H and O–H groups in total. The van der Waals surface area contributed by atoms with Crippen LogP contribution in [0.3, 0.4) is 0 Å². The van der Waals surface area contributed by atoms with Gasteiger partial charge in [-0.3, -0.25) is 0 Å². The number of nitrogens with two attached hydrogens (primary N) is 1. The molecule has 0 unspecified atom stereocenters. The Hall–Kier alpha value is -1.10. The standard InChI is InChI=1S/C15H13BrClNOS/c1-9-6-10(15(18)20)2-3-11(9)8-19-14-5-4-12(17)7-13(14)16/h2-7H,8H2,1H3,(H2,18,20). The third-order valence-corrected chi connectivity index (χ3v) is 3.99. The third-order valence-electron chi connectivity index (χ3n) is 2.90. The predicted molar refractivity (Wildman–Crippen MR) is 90.6 cm³/mol. The summed E-state index contributed by atoms with van der Waals surface area (Å²) in [5.41, 5.74) is 8.67. The fraction of sp³-hybridized carbons (Fsp3) is 0.133. The molecule has 0 bridgehead atoms. The molecule has 0 radical (unpaired) electrons. The molecule has 0 fully saturated rings. The number of hydrogen-bond acceptors (Lipinski definition) is 2. The van der Waals surface area contributed by atoms with E-state index in [0.717, 1.165) is 26.9 Å². The van der Waals surface area contributed by atoms with Crippen molar-refractivity contribution in [3.05, 3.63) is 62.6 Å². The quantitative estimate of drug-likeness (QED) is 0.797.